The van der Waals surface area contributed by atoms with Crippen LogP contribution in [-0.2, 0) is 4.79 Å². The number of pyridine rings is 1. The number of hydrogen-bond donors (Lipinski definition) is 3. The van der Waals surface area contributed by atoms with E-state index in [0.29, 0.717) is 19.5 Å². The van der Waals surface area contributed by atoms with Crippen molar-refractivity contribution in [3.8, 4) is 11.3 Å². The Hall–Kier alpha value is -3.70. The highest BCUT2D eigenvalue weighted by molar-refractivity contribution is 5.94. The number of amides is 2. The number of aliphatic hydroxyl groups is 1. The lowest BCUT2D eigenvalue weighted by Crippen LogP contribution is -2.59. The van der Waals surface area contributed by atoms with Crippen LogP contribution in [0.25, 0.3) is 11.3 Å². The van der Waals surface area contributed by atoms with Crippen molar-refractivity contribution in [3.63, 3.8) is 0 Å². The molecule has 2 amide bonds. The number of carbonyl (C=O) groups excluding carboxylic acids is 2. The standard InChI is InChI=1S/C29H33F2N5O4/c1-17(22-6-4-5-12-32-22)33-28(38)20-16-36(25-7-2-3-8-26(25)37)13-11-23(20)34-29(39)24-15-27(40-35-24)19-10-9-18(30)14-21(19)31/h4-6,9-10,12,14-15,17,20,23,25-26,37H,2-3,7-8,11,13,16H2,1H3,(H,33,38)(H,34,39)/t17-,20+,23+,25+,26+/m1/s1. The van der Waals surface area contributed by atoms with E-state index in [1.807, 2.05) is 19.1 Å². The van der Waals surface area contributed by atoms with E-state index in [-0.39, 0.29) is 35.0 Å². The molecule has 2 aromatic heterocycles. The molecule has 1 saturated heterocycles. The van der Waals surface area contributed by atoms with E-state index in [2.05, 4.69) is 25.7 Å². The van der Waals surface area contributed by atoms with Crippen molar-refractivity contribution in [1.82, 2.24) is 25.7 Å². The van der Waals surface area contributed by atoms with Crippen molar-refractivity contribution < 1.29 is 28.0 Å². The Balaban J connectivity index is 1.32. The molecule has 3 heterocycles. The normalized spacial score (nSPS) is 24.3. The minimum atomic E-state index is -0.834. The highest BCUT2D eigenvalue weighted by Crippen LogP contribution is 2.29. The molecule has 0 radical (unpaired) electrons. The number of benzene rings is 1. The van der Waals surface area contributed by atoms with Gasteiger partial charge in [-0.3, -0.25) is 19.5 Å². The molecule has 0 bridgehead atoms. The van der Waals surface area contributed by atoms with Gasteiger partial charge in [-0.25, -0.2) is 8.78 Å². The quantitative estimate of drug-likeness (QED) is 0.409. The van der Waals surface area contributed by atoms with Crippen LogP contribution in [0.15, 0.2) is 53.2 Å². The summed E-state index contributed by atoms with van der Waals surface area (Å²) < 4.78 is 32.7. The van der Waals surface area contributed by atoms with E-state index in [1.54, 1.807) is 12.3 Å². The van der Waals surface area contributed by atoms with Gasteiger partial charge in [0.1, 0.15) is 11.6 Å². The Morgan fingerprint density at radius 3 is 2.70 bits per heavy atom. The third kappa shape index (κ3) is 6.20. The molecule has 40 heavy (non-hydrogen) atoms. The molecular weight excluding hydrogens is 520 g/mol. The topological polar surface area (TPSA) is 121 Å². The largest absolute Gasteiger partial charge is 0.391 e. The van der Waals surface area contributed by atoms with Crippen molar-refractivity contribution in [2.45, 2.75) is 63.3 Å². The summed E-state index contributed by atoms with van der Waals surface area (Å²) in [4.78, 5) is 33.2. The van der Waals surface area contributed by atoms with Crippen molar-refractivity contribution >= 4 is 11.8 Å². The van der Waals surface area contributed by atoms with Crippen LogP contribution in [0.5, 0.6) is 0 Å². The predicted octanol–water partition coefficient (Wildman–Crippen LogP) is 3.62. The van der Waals surface area contributed by atoms with E-state index in [0.717, 1.165) is 43.5 Å². The second-order valence-electron chi connectivity index (χ2n) is 10.6. The fourth-order valence-corrected chi connectivity index (χ4v) is 5.70. The number of likely N-dealkylation sites (tertiary alicyclic amines) is 1. The van der Waals surface area contributed by atoms with Gasteiger partial charge in [-0.05, 0) is 50.5 Å². The van der Waals surface area contributed by atoms with Crippen molar-refractivity contribution in [3.05, 3.63) is 71.7 Å². The minimum absolute atomic E-state index is 0.0118. The summed E-state index contributed by atoms with van der Waals surface area (Å²) in [6.07, 6.45) is 5.31. The number of carbonyl (C=O) groups is 2. The number of piperidine rings is 1. The Bertz CT molecular complexity index is 1340. The lowest BCUT2D eigenvalue weighted by molar-refractivity contribution is -0.129. The van der Waals surface area contributed by atoms with E-state index in [1.165, 1.54) is 12.1 Å². The summed E-state index contributed by atoms with van der Waals surface area (Å²) in [5, 5.41) is 20.4. The van der Waals surface area contributed by atoms with Gasteiger partial charge in [-0.15, -0.1) is 0 Å². The summed E-state index contributed by atoms with van der Waals surface area (Å²) in [6, 6.07) is 8.93. The second-order valence-corrected chi connectivity index (χ2v) is 10.6. The van der Waals surface area contributed by atoms with Gasteiger partial charge in [-0.1, -0.05) is 24.1 Å². The Morgan fingerprint density at radius 1 is 1.12 bits per heavy atom. The van der Waals surface area contributed by atoms with Crippen LogP contribution < -0.4 is 10.6 Å². The maximum Gasteiger partial charge on any atom is 0.273 e. The van der Waals surface area contributed by atoms with Crippen LogP contribution >= 0.6 is 0 Å². The molecule has 9 nitrogen and oxygen atoms in total. The molecule has 1 saturated carbocycles. The number of rotatable bonds is 7. The highest BCUT2D eigenvalue weighted by atomic mass is 19.1. The van der Waals surface area contributed by atoms with Crippen molar-refractivity contribution in [2.24, 2.45) is 5.92 Å². The third-order valence-electron chi connectivity index (χ3n) is 7.89. The SMILES string of the molecule is C[C@@H](NC(=O)[C@H]1CN([C@H]2CCCC[C@@H]2O)CC[C@@H]1NC(=O)c1cc(-c2ccc(F)cc2F)on1)c1ccccn1. The van der Waals surface area contributed by atoms with Gasteiger partial charge in [0.15, 0.2) is 11.5 Å². The van der Waals surface area contributed by atoms with Gasteiger partial charge in [0.2, 0.25) is 5.91 Å². The molecule has 2 aliphatic rings. The maximum atomic E-state index is 14.2. The smallest absolute Gasteiger partial charge is 0.273 e. The highest BCUT2D eigenvalue weighted by Gasteiger charge is 2.40. The van der Waals surface area contributed by atoms with Crippen LogP contribution in [0.2, 0.25) is 0 Å². The Kier molecular flexibility index (Phi) is 8.51. The fourth-order valence-electron chi connectivity index (χ4n) is 5.70. The summed E-state index contributed by atoms with van der Waals surface area (Å²) >= 11 is 0. The molecule has 5 atom stereocenters. The first-order valence-electron chi connectivity index (χ1n) is 13.7. The molecule has 3 aromatic rings. The van der Waals surface area contributed by atoms with Gasteiger partial charge < -0.3 is 20.3 Å². The molecule has 11 heteroatoms. The van der Waals surface area contributed by atoms with Gasteiger partial charge in [0.25, 0.3) is 5.91 Å². The maximum absolute atomic E-state index is 14.2. The molecule has 0 unspecified atom stereocenters. The summed E-state index contributed by atoms with van der Waals surface area (Å²) in [5.74, 6) is -2.97. The Labute approximate surface area is 231 Å². The molecule has 0 spiro atoms. The van der Waals surface area contributed by atoms with E-state index in [4.69, 9.17) is 4.52 Å². The first kappa shape index (κ1) is 27.9. The average molecular weight is 554 g/mol. The Morgan fingerprint density at radius 2 is 1.95 bits per heavy atom. The van der Waals surface area contributed by atoms with Crippen LogP contribution in [0.1, 0.15) is 61.3 Å². The number of hydrogen-bond acceptors (Lipinski definition) is 7. The zero-order chi connectivity index (χ0) is 28.2. The van der Waals surface area contributed by atoms with E-state index >= 15 is 0 Å². The zero-order valence-electron chi connectivity index (χ0n) is 22.2. The van der Waals surface area contributed by atoms with Crippen LogP contribution in [0.3, 0.4) is 0 Å². The zero-order valence-corrected chi connectivity index (χ0v) is 22.2. The third-order valence-corrected chi connectivity index (χ3v) is 7.89. The molecule has 2 fully saturated rings. The lowest BCUT2D eigenvalue weighted by Gasteiger charge is -2.44. The molecule has 3 N–H and O–H groups in total. The van der Waals surface area contributed by atoms with Crippen molar-refractivity contribution in [2.75, 3.05) is 13.1 Å². The molecular formula is C29H33F2N5O4. The monoisotopic (exact) mass is 553 g/mol. The van der Waals surface area contributed by atoms with Crippen LogP contribution in [-0.4, -0.2) is 63.2 Å². The van der Waals surface area contributed by atoms with Gasteiger partial charge in [-0.2, -0.15) is 0 Å². The lowest BCUT2D eigenvalue weighted by atomic mass is 9.85. The van der Waals surface area contributed by atoms with Gasteiger partial charge in [0.05, 0.1) is 29.3 Å². The van der Waals surface area contributed by atoms with Crippen LogP contribution in [0.4, 0.5) is 8.78 Å². The number of nitrogens with one attached hydrogen (secondary N) is 2. The number of aromatic nitrogens is 2. The van der Waals surface area contributed by atoms with Gasteiger partial charge in [0, 0.05) is 43.5 Å². The average Bonchev–Trinajstić information content (AvgIpc) is 3.44. The fraction of sp³-hybridized carbons (Fsp3) is 0.448. The molecule has 212 valence electrons. The van der Waals surface area contributed by atoms with Crippen LogP contribution in [0, 0.1) is 17.6 Å². The summed E-state index contributed by atoms with van der Waals surface area (Å²) in [5.41, 5.74) is 0.618. The summed E-state index contributed by atoms with van der Waals surface area (Å²) in [6.45, 7) is 2.83. The minimum Gasteiger partial charge on any atom is -0.391 e. The molecule has 1 aliphatic carbocycles. The van der Waals surface area contributed by atoms with E-state index < -0.39 is 35.6 Å². The van der Waals surface area contributed by atoms with Gasteiger partial charge >= 0.3 is 0 Å². The first-order valence-corrected chi connectivity index (χ1v) is 13.7. The predicted molar refractivity (Wildman–Crippen MR) is 142 cm³/mol. The first-order chi connectivity index (χ1) is 19.3. The van der Waals surface area contributed by atoms with E-state index in [9.17, 15) is 23.5 Å². The van der Waals surface area contributed by atoms with Crippen molar-refractivity contribution in [1.29, 1.82) is 0 Å². The molecule has 1 aliphatic heterocycles. The summed E-state index contributed by atoms with van der Waals surface area (Å²) in [7, 11) is 0. The second kappa shape index (κ2) is 12.2. The number of nitrogens with zero attached hydrogens (tertiary/aromatic N) is 3. The molecule has 1 aromatic carbocycles. The number of halogens is 2. The molecule has 5 rings (SSSR count). The number of aliphatic hydroxyl groups excluding tert-OH is 1.